The van der Waals surface area contributed by atoms with Crippen LogP contribution in [-0.2, 0) is 36.7 Å². The summed E-state index contributed by atoms with van der Waals surface area (Å²) in [5.74, 6) is -2.68. The van der Waals surface area contributed by atoms with E-state index in [-0.39, 0.29) is 32.3 Å². The number of benzene rings is 1. The SMILES string of the molecule is C=CCc1ccc2c(c1)N(C(=O)OC(C)(C)C)C(=O)C(CCCC(=O)OCC)(C(=O)O)C2. The molecule has 0 radical (unpaired) electrons. The normalized spacial score (nSPS) is 18.0. The van der Waals surface area contributed by atoms with Gasteiger partial charge in [-0.3, -0.25) is 14.4 Å². The quantitative estimate of drug-likeness (QED) is 0.365. The maximum Gasteiger partial charge on any atom is 0.421 e. The van der Waals surface area contributed by atoms with E-state index >= 15 is 0 Å². The van der Waals surface area contributed by atoms with Crippen molar-refractivity contribution in [3.8, 4) is 0 Å². The lowest BCUT2D eigenvalue weighted by molar-refractivity contribution is -0.156. The number of rotatable bonds is 8. The number of fused-ring (bicyclic) bond motifs is 1. The minimum Gasteiger partial charge on any atom is -0.480 e. The van der Waals surface area contributed by atoms with Crippen molar-refractivity contribution in [1.82, 2.24) is 0 Å². The monoisotopic (exact) mass is 445 g/mol. The van der Waals surface area contributed by atoms with Crippen molar-refractivity contribution < 1.29 is 33.8 Å². The lowest BCUT2D eigenvalue weighted by atomic mass is 9.73. The van der Waals surface area contributed by atoms with Gasteiger partial charge in [0.1, 0.15) is 5.60 Å². The van der Waals surface area contributed by atoms with E-state index < -0.39 is 35.0 Å². The average Bonchev–Trinajstić information content (AvgIpc) is 2.67. The molecule has 32 heavy (non-hydrogen) atoms. The molecule has 1 aliphatic heterocycles. The molecule has 0 saturated carbocycles. The molecule has 0 fully saturated rings. The van der Waals surface area contributed by atoms with Crippen molar-refractivity contribution in [3.63, 3.8) is 0 Å². The summed E-state index contributed by atoms with van der Waals surface area (Å²) in [6.45, 7) is 10.6. The van der Waals surface area contributed by atoms with E-state index in [9.17, 15) is 24.3 Å². The topological polar surface area (TPSA) is 110 Å². The van der Waals surface area contributed by atoms with Gasteiger partial charge in [0.2, 0.25) is 0 Å². The number of hydrogen-bond donors (Lipinski definition) is 1. The highest BCUT2D eigenvalue weighted by molar-refractivity contribution is 6.22. The van der Waals surface area contributed by atoms with E-state index in [0.29, 0.717) is 17.7 Å². The molecule has 1 atom stereocenters. The summed E-state index contributed by atoms with van der Waals surface area (Å²) in [6.07, 6.45) is 1.18. The second-order valence-corrected chi connectivity index (χ2v) is 8.80. The van der Waals surface area contributed by atoms with Gasteiger partial charge in [0.25, 0.3) is 5.91 Å². The van der Waals surface area contributed by atoms with Crippen LogP contribution in [0.3, 0.4) is 0 Å². The molecular weight excluding hydrogens is 414 g/mol. The number of nitrogens with zero attached hydrogens (tertiary/aromatic N) is 1. The maximum atomic E-state index is 13.6. The Hall–Kier alpha value is -3.16. The summed E-state index contributed by atoms with van der Waals surface area (Å²) in [4.78, 5) is 51.5. The van der Waals surface area contributed by atoms with Crippen molar-refractivity contribution in [3.05, 3.63) is 42.0 Å². The number of ether oxygens (including phenoxy) is 2. The molecule has 0 aromatic heterocycles. The molecule has 0 bridgehead atoms. The van der Waals surface area contributed by atoms with E-state index in [1.165, 1.54) is 0 Å². The first kappa shape index (κ1) is 25.1. The highest BCUT2D eigenvalue weighted by Gasteiger charge is 2.54. The molecule has 1 aromatic carbocycles. The van der Waals surface area contributed by atoms with E-state index in [1.54, 1.807) is 45.9 Å². The Balaban J connectivity index is 2.50. The predicted molar refractivity (Wildman–Crippen MR) is 118 cm³/mol. The van der Waals surface area contributed by atoms with Gasteiger partial charge in [-0.05, 0) is 70.6 Å². The molecule has 0 aliphatic carbocycles. The van der Waals surface area contributed by atoms with Crippen LogP contribution in [-0.4, -0.2) is 41.3 Å². The third-order valence-corrected chi connectivity index (χ3v) is 5.15. The molecule has 1 unspecified atom stereocenters. The molecule has 0 spiro atoms. The molecule has 8 heteroatoms. The molecule has 2 rings (SSSR count). The van der Waals surface area contributed by atoms with Crippen LogP contribution in [0.15, 0.2) is 30.9 Å². The van der Waals surface area contributed by atoms with Gasteiger partial charge < -0.3 is 14.6 Å². The summed E-state index contributed by atoms with van der Waals surface area (Å²) in [5.41, 5.74) is -1.10. The summed E-state index contributed by atoms with van der Waals surface area (Å²) < 4.78 is 10.3. The highest BCUT2D eigenvalue weighted by atomic mass is 16.6. The largest absolute Gasteiger partial charge is 0.480 e. The standard InChI is InChI=1S/C24H31NO7/c1-6-9-16-11-12-17-15-24(21(28)29,13-8-10-19(26)31-7-2)20(27)25(18(17)14-16)22(30)32-23(3,4)5/h6,11-12,14H,1,7-10,13,15H2,2-5H3,(H,28,29). The number of carboxylic acids is 1. The van der Waals surface area contributed by atoms with Gasteiger partial charge in [-0.25, -0.2) is 9.69 Å². The Morgan fingerprint density at radius 2 is 1.97 bits per heavy atom. The second-order valence-electron chi connectivity index (χ2n) is 8.80. The van der Waals surface area contributed by atoms with E-state index in [1.807, 2.05) is 6.07 Å². The third kappa shape index (κ3) is 5.55. The summed E-state index contributed by atoms with van der Waals surface area (Å²) in [5, 5.41) is 10.1. The zero-order valence-electron chi connectivity index (χ0n) is 19.1. The molecule has 1 N–H and O–H groups in total. The summed E-state index contributed by atoms with van der Waals surface area (Å²) in [6, 6.07) is 5.22. The van der Waals surface area contributed by atoms with Crippen LogP contribution in [0.5, 0.6) is 0 Å². The maximum absolute atomic E-state index is 13.6. The van der Waals surface area contributed by atoms with Gasteiger partial charge in [0.15, 0.2) is 5.41 Å². The van der Waals surface area contributed by atoms with Gasteiger partial charge >= 0.3 is 18.0 Å². The molecule has 1 aromatic rings. The van der Waals surface area contributed by atoms with Gasteiger partial charge in [-0.15, -0.1) is 6.58 Å². The number of carboxylic acid groups (broad SMARTS) is 1. The molecular formula is C24H31NO7. The van der Waals surface area contributed by atoms with Gasteiger partial charge in [0.05, 0.1) is 12.3 Å². The molecule has 8 nitrogen and oxygen atoms in total. The average molecular weight is 446 g/mol. The second kappa shape index (κ2) is 9.97. The van der Waals surface area contributed by atoms with Crippen LogP contribution in [0, 0.1) is 5.41 Å². The molecule has 174 valence electrons. The first-order valence-corrected chi connectivity index (χ1v) is 10.6. The van der Waals surface area contributed by atoms with Gasteiger partial charge in [-0.2, -0.15) is 0 Å². The zero-order valence-corrected chi connectivity index (χ0v) is 19.1. The Morgan fingerprint density at radius 1 is 1.28 bits per heavy atom. The zero-order chi connectivity index (χ0) is 24.1. The van der Waals surface area contributed by atoms with Crippen LogP contribution < -0.4 is 4.90 Å². The van der Waals surface area contributed by atoms with Crippen LogP contribution in [0.2, 0.25) is 0 Å². The van der Waals surface area contributed by atoms with E-state index in [0.717, 1.165) is 10.5 Å². The summed E-state index contributed by atoms with van der Waals surface area (Å²) in [7, 11) is 0. The minimum atomic E-state index is -1.89. The van der Waals surface area contributed by atoms with E-state index in [4.69, 9.17) is 9.47 Å². The number of anilines is 1. The number of carbonyl (C=O) groups excluding carboxylic acids is 3. The van der Waals surface area contributed by atoms with Crippen molar-refractivity contribution >= 4 is 29.6 Å². The summed E-state index contributed by atoms with van der Waals surface area (Å²) >= 11 is 0. The first-order valence-electron chi connectivity index (χ1n) is 10.6. The minimum absolute atomic E-state index is 0.0201. The smallest absolute Gasteiger partial charge is 0.421 e. The van der Waals surface area contributed by atoms with Crippen LogP contribution in [0.1, 0.15) is 58.1 Å². The number of amides is 2. The number of aliphatic carboxylic acids is 1. The number of imide groups is 1. The predicted octanol–water partition coefficient (Wildman–Crippen LogP) is 4.04. The van der Waals surface area contributed by atoms with Crippen molar-refractivity contribution in [2.75, 3.05) is 11.5 Å². The van der Waals surface area contributed by atoms with E-state index in [2.05, 4.69) is 6.58 Å². The van der Waals surface area contributed by atoms with Crippen LogP contribution in [0.25, 0.3) is 0 Å². The van der Waals surface area contributed by atoms with Gasteiger partial charge in [-0.1, -0.05) is 18.2 Å². The molecule has 0 saturated heterocycles. The molecule has 1 aliphatic rings. The Labute approximate surface area is 188 Å². The molecule has 2 amide bonds. The Morgan fingerprint density at radius 3 is 2.53 bits per heavy atom. The van der Waals surface area contributed by atoms with Crippen LogP contribution in [0.4, 0.5) is 10.5 Å². The Kier molecular flexibility index (Phi) is 7.83. The number of carbonyl (C=O) groups is 4. The number of esters is 1. The van der Waals surface area contributed by atoms with Crippen molar-refractivity contribution in [2.24, 2.45) is 5.41 Å². The van der Waals surface area contributed by atoms with Gasteiger partial charge in [0, 0.05) is 6.42 Å². The fourth-order valence-corrected chi connectivity index (χ4v) is 3.71. The number of allylic oxidation sites excluding steroid dienone is 1. The third-order valence-electron chi connectivity index (χ3n) is 5.15. The van der Waals surface area contributed by atoms with Crippen LogP contribution >= 0.6 is 0 Å². The lowest BCUT2D eigenvalue weighted by Crippen LogP contribution is -2.56. The van der Waals surface area contributed by atoms with Crippen molar-refractivity contribution in [1.29, 1.82) is 0 Å². The fourth-order valence-electron chi connectivity index (χ4n) is 3.71. The lowest BCUT2D eigenvalue weighted by Gasteiger charge is -2.39. The highest BCUT2D eigenvalue weighted by Crippen LogP contribution is 2.42. The number of hydrogen-bond acceptors (Lipinski definition) is 6. The fraction of sp³-hybridized carbons (Fsp3) is 0.500. The Bertz CT molecular complexity index is 915. The first-order chi connectivity index (χ1) is 14.9. The van der Waals surface area contributed by atoms with Crippen molar-refractivity contribution in [2.45, 2.75) is 65.4 Å². The molecule has 1 heterocycles.